The van der Waals surface area contributed by atoms with E-state index in [1.165, 1.54) is 0 Å². The zero-order valence-corrected chi connectivity index (χ0v) is 16.1. The van der Waals surface area contributed by atoms with E-state index in [-0.39, 0.29) is 22.9 Å². The minimum absolute atomic E-state index is 0. The molecule has 4 rings (SSSR count). The fourth-order valence-electron chi connectivity index (χ4n) is 2.59. The molecule has 0 bridgehead atoms. The molecule has 0 spiro atoms. The van der Waals surface area contributed by atoms with E-state index in [1.54, 1.807) is 6.07 Å². The number of nitrogens with two attached hydrogens (primary N) is 1. The maximum Gasteiger partial charge on any atom is 2.00 e. The Bertz CT molecular complexity index is 783. The molecule has 0 atom stereocenters. The van der Waals surface area contributed by atoms with Crippen molar-refractivity contribution in [1.29, 1.82) is 5.26 Å². The van der Waals surface area contributed by atoms with Crippen LogP contribution in [0.2, 0.25) is 5.02 Å². The first-order chi connectivity index (χ1) is 12.7. The van der Waals surface area contributed by atoms with Crippen molar-refractivity contribution >= 4 is 17.4 Å². The fraction of sp³-hybridized carbons (Fsp3) is 0. The molecule has 10 radical (unpaired) electrons. The van der Waals surface area contributed by atoms with Crippen LogP contribution in [0.3, 0.4) is 0 Å². The van der Waals surface area contributed by atoms with Gasteiger partial charge in [0, 0.05) is 22.1 Å². The van der Waals surface area contributed by atoms with E-state index in [0.717, 1.165) is 17.2 Å². The summed E-state index contributed by atoms with van der Waals surface area (Å²) >= 11 is 6.25. The topological polar surface area (TPSA) is 62.7 Å². The molecule has 3 nitrogen and oxygen atoms in total. The van der Waals surface area contributed by atoms with Crippen LogP contribution in [0.4, 0.5) is 5.82 Å². The zero-order chi connectivity index (χ0) is 18.4. The summed E-state index contributed by atoms with van der Waals surface area (Å²) < 4.78 is 0. The molecule has 132 valence electrons. The third-order valence-corrected chi connectivity index (χ3v) is 4.17. The van der Waals surface area contributed by atoms with Gasteiger partial charge in [-0.25, -0.2) is 4.98 Å². The van der Waals surface area contributed by atoms with Gasteiger partial charge in [0.15, 0.2) is 0 Å². The summed E-state index contributed by atoms with van der Waals surface area (Å²) in [6.07, 6.45) is 17.8. The van der Waals surface area contributed by atoms with Crippen LogP contribution in [0.1, 0.15) is 11.3 Å². The number of hydrogen-bond donors (Lipinski definition) is 1. The van der Waals surface area contributed by atoms with E-state index in [4.69, 9.17) is 17.3 Å². The number of halogens is 1. The number of hydrogen-bond acceptors (Lipinski definition) is 3. The van der Waals surface area contributed by atoms with Crippen molar-refractivity contribution in [2.45, 2.75) is 0 Å². The van der Waals surface area contributed by atoms with Crippen molar-refractivity contribution < 1.29 is 17.1 Å². The summed E-state index contributed by atoms with van der Waals surface area (Å²) in [7, 11) is 0. The first-order valence-electron chi connectivity index (χ1n) is 8.05. The second-order valence-corrected chi connectivity index (χ2v) is 5.95. The Balaban J connectivity index is 0.000000379. The molecular weight excluding hydrogens is 398 g/mol. The number of rotatable bonds is 2. The minimum Gasteiger partial charge on any atom is -0.383 e. The van der Waals surface area contributed by atoms with Crippen LogP contribution in [0.5, 0.6) is 0 Å². The van der Waals surface area contributed by atoms with Gasteiger partial charge in [-0.05, 0) is 69.9 Å². The van der Waals surface area contributed by atoms with E-state index in [1.807, 2.05) is 82.1 Å². The van der Waals surface area contributed by atoms with Gasteiger partial charge in [-0.3, -0.25) is 0 Å². The third kappa shape index (κ3) is 5.48. The molecule has 2 aromatic rings. The number of nitrogens with zero attached hydrogens (tertiary/aromatic N) is 2. The molecule has 2 fully saturated rings. The van der Waals surface area contributed by atoms with Crippen molar-refractivity contribution in [1.82, 2.24) is 4.98 Å². The number of pyridine rings is 1. The number of anilines is 1. The van der Waals surface area contributed by atoms with Crippen molar-refractivity contribution in [3.8, 4) is 17.2 Å². The number of benzene rings is 1. The minimum atomic E-state index is 0. The Morgan fingerprint density at radius 1 is 0.889 bits per heavy atom. The van der Waals surface area contributed by atoms with Gasteiger partial charge < -0.3 is 5.73 Å². The number of nitrogen functional groups attached to an aromatic ring is 1. The van der Waals surface area contributed by atoms with Gasteiger partial charge in [0.05, 0.1) is 5.69 Å². The van der Waals surface area contributed by atoms with Crippen molar-refractivity contribution in [3.05, 3.63) is 110 Å². The number of nitriles is 1. The first-order valence-corrected chi connectivity index (χ1v) is 8.43. The Kier molecular flexibility index (Phi) is 8.64. The van der Waals surface area contributed by atoms with Crippen LogP contribution in [0.25, 0.3) is 11.1 Å². The van der Waals surface area contributed by atoms with Gasteiger partial charge in [0.2, 0.25) is 0 Å². The van der Waals surface area contributed by atoms with E-state index < -0.39 is 0 Å². The molecule has 0 unspecified atom stereocenters. The largest absolute Gasteiger partial charge is 2.00 e. The van der Waals surface area contributed by atoms with Gasteiger partial charge in [-0.2, -0.15) is 5.26 Å². The van der Waals surface area contributed by atoms with Gasteiger partial charge in [0.25, 0.3) is 0 Å². The van der Waals surface area contributed by atoms with Crippen LogP contribution in [0.15, 0.2) is 30.3 Å². The van der Waals surface area contributed by atoms with Crippen LogP contribution < -0.4 is 5.73 Å². The first kappa shape index (κ1) is 21.8. The molecule has 2 aliphatic carbocycles. The molecule has 0 saturated heterocycles. The van der Waals surface area contributed by atoms with Crippen molar-refractivity contribution in [3.63, 3.8) is 0 Å². The Labute approximate surface area is 177 Å². The van der Waals surface area contributed by atoms with Crippen LogP contribution in [-0.2, 0) is 17.1 Å². The molecule has 2 N–H and O–H groups in total. The molecule has 5 heteroatoms. The Morgan fingerprint density at radius 2 is 1.48 bits per heavy atom. The smallest absolute Gasteiger partial charge is 0.383 e. The van der Waals surface area contributed by atoms with Gasteiger partial charge in [-0.1, -0.05) is 29.8 Å². The van der Waals surface area contributed by atoms with Crippen LogP contribution in [-0.4, -0.2) is 4.98 Å². The molecule has 2 aliphatic rings. The van der Waals surface area contributed by atoms with Crippen molar-refractivity contribution in [2.24, 2.45) is 0 Å². The van der Waals surface area contributed by atoms with Gasteiger partial charge in [-0.15, -0.1) is 0 Å². The van der Waals surface area contributed by atoms with Crippen LogP contribution in [0, 0.1) is 75.0 Å². The summed E-state index contributed by atoms with van der Waals surface area (Å²) in [5.41, 5.74) is 8.50. The van der Waals surface area contributed by atoms with Gasteiger partial charge >= 0.3 is 17.1 Å². The molecular formula is C22H16ClFeN3+2. The molecule has 0 aliphatic heterocycles. The predicted molar refractivity (Wildman–Crippen MR) is 105 cm³/mol. The Hall–Kier alpha value is -1.53. The molecule has 27 heavy (non-hydrogen) atoms. The van der Waals surface area contributed by atoms with Gasteiger partial charge in [0.1, 0.15) is 17.5 Å². The quantitative estimate of drug-likeness (QED) is 0.730. The summed E-state index contributed by atoms with van der Waals surface area (Å²) in [4.78, 5) is 4.31. The normalized spacial score (nSPS) is 16.1. The fourth-order valence-corrected chi connectivity index (χ4v) is 2.83. The van der Waals surface area contributed by atoms with E-state index in [2.05, 4.69) is 11.1 Å². The SMILES string of the molecule is N#Cc1c(-c2ccccc2Cl)cc([C]2[CH][CH][CH][CH]2)nc1N.[CH]1[CH][CH][CH][CH]1.[Fe+2]. The maximum atomic E-state index is 9.36. The average Bonchev–Trinajstić information content (AvgIpc) is 3.38. The maximum absolute atomic E-state index is 9.36. The summed E-state index contributed by atoms with van der Waals surface area (Å²) in [6, 6.07) is 11.3. The number of aromatic nitrogens is 1. The zero-order valence-electron chi connectivity index (χ0n) is 14.3. The monoisotopic (exact) mass is 413 g/mol. The molecule has 2 saturated carbocycles. The summed E-state index contributed by atoms with van der Waals surface area (Å²) in [5, 5.41) is 9.94. The molecule has 1 heterocycles. The van der Waals surface area contributed by atoms with E-state index >= 15 is 0 Å². The predicted octanol–water partition coefficient (Wildman–Crippen LogP) is 4.63. The standard InChI is InChI=1S/C17H11ClN3.C5H5.Fe/c18-15-8-4-3-7-12(15)13-9-16(11-5-1-2-6-11)21-17(20)14(13)10-19;1-2-4-5-3-1;/h1-9H,(H2,20,21);1-5H;/q;;+2. The van der Waals surface area contributed by atoms with E-state index in [0.29, 0.717) is 16.1 Å². The second kappa shape index (κ2) is 10.7. The summed E-state index contributed by atoms with van der Waals surface area (Å²) in [6.45, 7) is 0. The molecule has 1 aromatic heterocycles. The third-order valence-electron chi connectivity index (χ3n) is 3.84. The van der Waals surface area contributed by atoms with E-state index in [9.17, 15) is 5.26 Å². The molecule has 0 amide bonds. The Morgan fingerprint density at radius 3 is 2.04 bits per heavy atom. The molecule has 1 aromatic carbocycles. The van der Waals surface area contributed by atoms with Crippen LogP contribution >= 0.6 is 11.6 Å². The average molecular weight is 414 g/mol. The second-order valence-electron chi connectivity index (χ2n) is 5.54. The summed E-state index contributed by atoms with van der Waals surface area (Å²) in [5.74, 6) is 1.17. The van der Waals surface area contributed by atoms with Crippen molar-refractivity contribution in [2.75, 3.05) is 5.73 Å².